The van der Waals surface area contributed by atoms with Gasteiger partial charge in [-0.25, -0.2) is 0 Å². The maximum atomic E-state index is 13.0. The van der Waals surface area contributed by atoms with Crippen molar-refractivity contribution < 1.29 is 23.9 Å². The summed E-state index contributed by atoms with van der Waals surface area (Å²) in [4.78, 5) is 43.7. The summed E-state index contributed by atoms with van der Waals surface area (Å²) < 4.78 is 12.0. The van der Waals surface area contributed by atoms with Crippen LogP contribution < -0.4 is 14.8 Å². The number of carbonyl (C=O) groups is 3. The summed E-state index contributed by atoms with van der Waals surface area (Å²) in [7, 11) is 1.52. The summed E-state index contributed by atoms with van der Waals surface area (Å²) in [6.45, 7) is 5.66. The molecule has 0 aliphatic carbocycles. The van der Waals surface area contributed by atoms with E-state index >= 15 is 0 Å². The smallest absolute Gasteiger partial charge is 0.294 e. The zero-order valence-corrected chi connectivity index (χ0v) is 23.7. The molecule has 8 nitrogen and oxygen atoms in total. The van der Waals surface area contributed by atoms with E-state index < -0.39 is 17.1 Å². The summed E-state index contributed by atoms with van der Waals surface area (Å²) in [5.41, 5.74) is 4.99. The second-order valence-electron chi connectivity index (χ2n) is 8.73. The van der Waals surface area contributed by atoms with Crippen molar-refractivity contribution in [3.05, 3.63) is 86.0 Å². The van der Waals surface area contributed by atoms with Gasteiger partial charge in [-0.05, 0) is 95.5 Å². The Hall–Kier alpha value is -3.63. The van der Waals surface area contributed by atoms with Gasteiger partial charge in [-0.3, -0.25) is 24.3 Å². The van der Waals surface area contributed by atoms with Crippen LogP contribution in [0.1, 0.15) is 27.9 Å². The molecule has 2 heterocycles. The molecule has 196 valence electrons. The van der Waals surface area contributed by atoms with Crippen molar-refractivity contribution >= 4 is 56.5 Å². The molecule has 38 heavy (non-hydrogen) atoms. The van der Waals surface area contributed by atoms with Gasteiger partial charge in [-0.15, -0.1) is 0 Å². The van der Waals surface area contributed by atoms with Crippen LogP contribution in [0.5, 0.6) is 11.5 Å². The molecule has 0 atom stereocenters. The van der Waals surface area contributed by atoms with Crippen LogP contribution in [-0.2, 0) is 16.2 Å². The third-order valence-corrected chi connectivity index (χ3v) is 7.25. The van der Waals surface area contributed by atoms with E-state index in [1.54, 1.807) is 24.4 Å². The van der Waals surface area contributed by atoms with Gasteiger partial charge >= 0.3 is 0 Å². The van der Waals surface area contributed by atoms with Crippen molar-refractivity contribution in [3.63, 3.8) is 0 Å². The molecule has 0 saturated carbocycles. The predicted octanol–water partition coefficient (Wildman–Crippen LogP) is 6.03. The van der Waals surface area contributed by atoms with Crippen LogP contribution in [0, 0.1) is 20.8 Å². The average Bonchev–Trinajstić information content (AvgIpc) is 3.13. The minimum Gasteiger partial charge on any atom is -0.493 e. The number of rotatable bonds is 8. The topological polar surface area (TPSA) is 97.8 Å². The summed E-state index contributed by atoms with van der Waals surface area (Å²) in [5.74, 6) is -0.0359. The molecule has 1 fully saturated rings. The number of aryl methyl sites for hydroxylation is 3. The lowest BCUT2D eigenvalue weighted by Gasteiger charge is -2.16. The molecule has 10 heteroatoms. The highest BCUT2D eigenvalue weighted by atomic mass is 79.9. The summed E-state index contributed by atoms with van der Waals surface area (Å²) in [6, 6.07) is 13.0. The van der Waals surface area contributed by atoms with Gasteiger partial charge in [0.1, 0.15) is 13.2 Å². The molecule has 1 aliphatic rings. The number of methoxy groups -OCH3 is 1. The Kier molecular flexibility index (Phi) is 8.53. The number of hydrogen-bond donors (Lipinski definition) is 1. The number of carbonyl (C=O) groups excluding carboxylic acids is 3. The molecule has 0 spiro atoms. The lowest BCUT2D eigenvalue weighted by Crippen LogP contribution is -2.36. The number of amides is 3. The molecule has 0 unspecified atom stereocenters. The van der Waals surface area contributed by atoms with Crippen molar-refractivity contribution in [1.29, 1.82) is 0 Å². The number of nitrogens with one attached hydrogen (secondary N) is 1. The van der Waals surface area contributed by atoms with Crippen LogP contribution >= 0.6 is 27.7 Å². The number of aromatic nitrogens is 1. The SMILES string of the molecule is COc1cc(/C=C2/SC(=O)N(CC(=O)Nc3c(C)cc(C)cc3C)C2=O)cc(Br)c1OCc1ccccn1. The quantitative estimate of drug-likeness (QED) is 0.317. The van der Waals surface area contributed by atoms with E-state index in [1.165, 1.54) is 7.11 Å². The van der Waals surface area contributed by atoms with Gasteiger partial charge in [-0.1, -0.05) is 23.8 Å². The number of ether oxygens (including phenoxy) is 2. The van der Waals surface area contributed by atoms with Crippen molar-refractivity contribution in [1.82, 2.24) is 9.88 Å². The highest BCUT2D eigenvalue weighted by molar-refractivity contribution is 9.10. The van der Waals surface area contributed by atoms with E-state index in [9.17, 15) is 14.4 Å². The first-order valence-corrected chi connectivity index (χ1v) is 13.3. The van der Waals surface area contributed by atoms with E-state index in [2.05, 4.69) is 26.2 Å². The van der Waals surface area contributed by atoms with Crippen molar-refractivity contribution in [2.75, 3.05) is 19.0 Å². The molecule has 3 aromatic rings. The van der Waals surface area contributed by atoms with E-state index in [4.69, 9.17) is 9.47 Å². The second-order valence-corrected chi connectivity index (χ2v) is 10.6. The maximum absolute atomic E-state index is 13.0. The standard InChI is InChI=1S/C28H26BrN3O5S/c1-16-9-17(2)25(18(3)10-16)31-24(33)14-32-27(34)23(38-28(32)35)13-19-11-21(29)26(22(12-19)36-4)37-15-20-7-5-6-8-30-20/h5-13H,14-15H2,1-4H3,(H,31,33)/b23-13+. The molecule has 1 N–H and O–H groups in total. The first-order chi connectivity index (χ1) is 18.2. The lowest BCUT2D eigenvalue weighted by molar-refractivity contribution is -0.127. The fourth-order valence-electron chi connectivity index (χ4n) is 4.08. The Labute approximate surface area is 233 Å². The highest BCUT2D eigenvalue weighted by Crippen LogP contribution is 2.39. The first kappa shape index (κ1) is 27.4. The van der Waals surface area contributed by atoms with Crippen LogP contribution in [0.15, 0.2) is 58.0 Å². The van der Waals surface area contributed by atoms with E-state index in [0.29, 0.717) is 27.2 Å². The van der Waals surface area contributed by atoms with Crippen molar-refractivity contribution in [3.8, 4) is 11.5 Å². The first-order valence-electron chi connectivity index (χ1n) is 11.7. The van der Waals surface area contributed by atoms with Gasteiger partial charge in [0.25, 0.3) is 11.1 Å². The van der Waals surface area contributed by atoms with Crippen LogP contribution in [0.3, 0.4) is 0 Å². The number of hydrogen-bond acceptors (Lipinski definition) is 7. The number of halogens is 1. The third kappa shape index (κ3) is 6.25. The molecule has 0 bridgehead atoms. The minimum absolute atomic E-state index is 0.210. The number of benzene rings is 2. The highest BCUT2D eigenvalue weighted by Gasteiger charge is 2.36. The molecule has 4 rings (SSSR count). The number of pyridine rings is 1. The zero-order valence-electron chi connectivity index (χ0n) is 21.3. The molecule has 3 amide bonds. The molecule has 2 aromatic carbocycles. The summed E-state index contributed by atoms with van der Waals surface area (Å²) in [6.07, 6.45) is 3.28. The van der Waals surface area contributed by atoms with Gasteiger partial charge < -0.3 is 14.8 Å². The van der Waals surface area contributed by atoms with Crippen LogP contribution in [0.4, 0.5) is 10.5 Å². The molecule has 1 aromatic heterocycles. The molecule has 0 radical (unpaired) electrons. The third-order valence-electron chi connectivity index (χ3n) is 5.76. The molecule has 1 aliphatic heterocycles. The summed E-state index contributed by atoms with van der Waals surface area (Å²) in [5, 5.41) is 2.33. The van der Waals surface area contributed by atoms with Crippen molar-refractivity contribution in [2.45, 2.75) is 27.4 Å². The Bertz CT molecular complexity index is 1420. The van der Waals surface area contributed by atoms with Gasteiger partial charge in [0.15, 0.2) is 11.5 Å². The fourth-order valence-corrected chi connectivity index (χ4v) is 5.49. The van der Waals surface area contributed by atoms with Gasteiger partial charge in [0.05, 0.1) is 22.2 Å². The molecular weight excluding hydrogens is 570 g/mol. The van der Waals surface area contributed by atoms with Crippen LogP contribution in [0.2, 0.25) is 0 Å². The van der Waals surface area contributed by atoms with E-state index in [-0.39, 0.29) is 18.1 Å². The van der Waals surface area contributed by atoms with Crippen LogP contribution in [-0.4, -0.2) is 40.6 Å². The number of anilines is 1. The van der Waals surface area contributed by atoms with Gasteiger partial charge in [0, 0.05) is 11.9 Å². The zero-order chi connectivity index (χ0) is 27.4. The van der Waals surface area contributed by atoms with E-state index in [1.807, 2.05) is 51.1 Å². The lowest BCUT2D eigenvalue weighted by atomic mass is 10.1. The summed E-state index contributed by atoms with van der Waals surface area (Å²) >= 11 is 4.29. The number of thioether (sulfide) groups is 1. The Morgan fingerprint density at radius 1 is 1.13 bits per heavy atom. The van der Waals surface area contributed by atoms with Gasteiger partial charge in [0.2, 0.25) is 5.91 Å². The minimum atomic E-state index is -0.530. The van der Waals surface area contributed by atoms with E-state index in [0.717, 1.165) is 39.0 Å². The average molecular weight is 597 g/mol. The number of nitrogens with zero attached hydrogens (tertiary/aromatic N) is 2. The van der Waals surface area contributed by atoms with Gasteiger partial charge in [-0.2, -0.15) is 0 Å². The normalized spacial score (nSPS) is 14.2. The van der Waals surface area contributed by atoms with Crippen LogP contribution in [0.25, 0.3) is 6.08 Å². The fraction of sp³-hybridized carbons (Fsp3) is 0.214. The Morgan fingerprint density at radius 3 is 2.53 bits per heavy atom. The largest absolute Gasteiger partial charge is 0.493 e. The number of imide groups is 1. The second kappa shape index (κ2) is 11.8. The maximum Gasteiger partial charge on any atom is 0.294 e. The monoisotopic (exact) mass is 595 g/mol. The van der Waals surface area contributed by atoms with Crippen molar-refractivity contribution in [2.24, 2.45) is 0 Å². The Balaban J connectivity index is 1.48. The molecular formula is C28H26BrN3O5S. The Morgan fingerprint density at radius 2 is 1.87 bits per heavy atom. The predicted molar refractivity (Wildman–Crippen MR) is 151 cm³/mol. The molecule has 1 saturated heterocycles.